The lowest BCUT2D eigenvalue weighted by Crippen LogP contribution is -1.96. The van der Waals surface area contributed by atoms with E-state index in [1.165, 1.54) is 6.20 Å². The van der Waals surface area contributed by atoms with Gasteiger partial charge in [-0.25, -0.2) is 9.48 Å². The number of carboxylic acids is 1. The van der Waals surface area contributed by atoms with Gasteiger partial charge < -0.3 is 5.11 Å². The standard InChI is InChI=1S/C16H11BrN2O2/c17-12-6-4-5-11(9-12)15-14(16(20)21)10-19(18-15)13-7-2-1-3-8-13/h1-10H,(H,20,21). The first-order chi connectivity index (χ1) is 10.1. The van der Waals surface area contributed by atoms with Gasteiger partial charge in [0.1, 0.15) is 11.3 Å². The van der Waals surface area contributed by atoms with E-state index in [0.717, 1.165) is 15.7 Å². The highest BCUT2D eigenvalue weighted by Gasteiger charge is 2.17. The minimum absolute atomic E-state index is 0.178. The Hall–Kier alpha value is -2.40. The third-order valence-electron chi connectivity index (χ3n) is 3.06. The summed E-state index contributed by atoms with van der Waals surface area (Å²) in [5, 5.41) is 13.8. The maximum Gasteiger partial charge on any atom is 0.339 e. The molecule has 1 aromatic heterocycles. The van der Waals surface area contributed by atoms with Crippen molar-refractivity contribution >= 4 is 21.9 Å². The van der Waals surface area contributed by atoms with E-state index in [0.29, 0.717) is 5.69 Å². The lowest BCUT2D eigenvalue weighted by molar-refractivity contribution is 0.0697. The zero-order valence-electron chi connectivity index (χ0n) is 10.9. The maximum atomic E-state index is 11.5. The fourth-order valence-electron chi connectivity index (χ4n) is 2.09. The molecule has 21 heavy (non-hydrogen) atoms. The minimum atomic E-state index is -0.993. The highest BCUT2D eigenvalue weighted by atomic mass is 79.9. The molecule has 0 amide bonds. The Morgan fingerprint density at radius 3 is 2.52 bits per heavy atom. The van der Waals surface area contributed by atoms with E-state index in [-0.39, 0.29) is 5.56 Å². The molecule has 0 saturated heterocycles. The molecule has 104 valence electrons. The Balaban J connectivity index is 2.16. The third kappa shape index (κ3) is 2.73. The average Bonchev–Trinajstić information content (AvgIpc) is 2.93. The molecule has 0 aliphatic heterocycles. The molecule has 5 heteroatoms. The number of hydrogen-bond donors (Lipinski definition) is 1. The number of carboxylic acid groups (broad SMARTS) is 1. The fraction of sp³-hybridized carbons (Fsp3) is 0. The van der Waals surface area contributed by atoms with Crippen LogP contribution in [0.15, 0.2) is 65.3 Å². The topological polar surface area (TPSA) is 55.1 Å². The molecule has 0 aliphatic carbocycles. The van der Waals surface area contributed by atoms with Gasteiger partial charge in [0, 0.05) is 16.2 Å². The molecule has 0 atom stereocenters. The number of halogens is 1. The average molecular weight is 343 g/mol. The first-order valence-corrected chi connectivity index (χ1v) is 7.09. The predicted octanol–water partition coefficient (Wildman–Crippen LogP) is 4.00. The van der Waals surface area contributed by atoms with Gasteiger partial charge in [-0.3, -0.25) is 0 Å². The van der Waals surface area contributed by atoms with Crippen molar-refractivity contribution < 1.29 is 9.90 Å². The van der Waals surface area contributed by atoms with Crippen LogP contribution in [0.2, 0.25) is 0 Å². The summed E-state index contributed by atoms with van der Waals surface area (Å²) in [6.45, 7) is 0. The van der Waals surface area contributed by atoms with Gasteiger partial charge in [-0.05, 0) is 24.3 Å². The molecule has 1 N–H and O–H groups in total. The maximum absolute atomic E-state index is 11.5. The van der Waals surface area contributed by atoms with Crippen LogP contribution in [-0.2, 0) is 0 Å². The number of carbonyl (C=O) groups is 1. The van der Waals surface area contributed by atoms with Crippen LogP contribution in [0.4, 0.5) is 0 Å². The van der Waals surface area contributed by atoms with Gasteiger partial charge in [-0.2, -0.15) is 5.10 Å². The molecule has 3 aromatic rings. The predicted molar refractivity (Wildman–Crippen MR) is 83.7 cm³/mol. The van der Waals surface area contributed by atoms with E-state index in [1.54, 1.807) is 4.68 Å². The summed E-state index contributed by atoms with van der Waals surface area (Å²) in [5.74, 6) is -0.993. The molecule has 0 saturated carbocycles. The van der Waals surface area contributed by atoms with Gasteiger partial charge >= 0.3 is 5.97 Å². The van der Waals surface area contributed by atoms with Crippen LogP contribution < -0.4 is 0 Å². The Morgan fingerprint density at radius 1 is 1.10 bits per heavy atom. The van der Waals surface area contributed by atoms with E-state index in [9.17, 15) is 9.90 Å². The second-order valence-electron chi connectivity index (χ2n) is 4.49. The minimum Gasteiger partial charge on any atom is -0.478 e. The van der Waals surface area contributed by atoms with Crippen molar-refractivity contribution in [3.05, 3.63) is 70.8 Å². The Bertz CT molecular complexity index is 797. The van der Waals surface area contributed by atoms with Gasteiger partial charge in [-0.15, -0.1) is 0 Å². The Labute approximate surface area is 129 Å². The van der Waals surface area contributed by atoms with Crippen molar-refractivity contribution in [2.45, 2.75) is 0 Å². The molecule has 0 radical (unpaired) electrons. The van der Waals surface area contributed by atoms with Crippen molar-refractivity contribution in [1.29, 1.82) is 0 Å². The van der Waals surface area contributed by atoms with Gasteiger partial charge in [0.05, 0.1) is 5.69 Å². The molecule has 0 spiro atoms. The monoisotopic (exact) mass is 342 g/mol. The van der Waals surface area contributed by atoms with Gasteiger partial charge in [0.25, 0.3) is 0 Å². The number of aromatic carboxylic acids is 1. The van der Waals surface area contributed by atoms with Crippen LogP contribution in [0, 0.1) is 0 Å². The molecule has 0 bridgehead atoms. The van der Waals surface area contributed by atoms with E-state index in [1.807, 2.05) is 54.6 Å². The number of hydrogen-bond acceptors (Lipinski definition) is 2. The second-order valence-corrected chi connectivity index (χ2v) is 5.40. The van der Waals surface area contributed by atoms with Gasteiger partial charge in [0.15, 0.2) is 0 Å². The van der Waals surface area contributed by atoms with E-state index < -0.39 is 5.97 Å². The van der Waals surface area contributed by atoms with Crippen molar-refractivity contribution in [3.63, 3.8) is 0 Å². The zero-order valence-corrected chi connectivity index (χ0v) is 12.5. The van der Waals surface area contributed by atoms with Crippen LogP contribution in [0.25, 0.3) is 16.9 Å². The van der Waals surface area contributed by atoms with Gasteiger partial charge in [0.2, 0.25) is 0 Å². The van der Waals surface area contributed by atoms with Crippen molar-refractivity contribution in [2.24, 2.45) is 0 Å². The summed E-state index contributed by atoms with van der Waals surface area (Å²) in [7, 11) is 0. The first-order valence-electron chi connectivity index (χ1n) is 6.29. The lowest BCUT2D eigenvalue weighted by atomic mass is 10.1. The highest BCUT2D eigenvalue weighted by Crippen LogP contribution is 2.26. The van der Waals surface area contributed by atoms with Crippen LogP contribution in [0.3, 0.4) is 0 Å². The quantitative estimate of drug-likeness (QED) is 0.782. The highest BCUT2D eigenvalue weighted by molar-refractivity contribution is 9.10. The first kappa shape index (κ1) is 13.6. The third-order valence-corrected chi connectivity index (χ3v) is 3.56. The van der Waals surface area contributed by atoms with E-state index >= 15 is 0 Å². The van der Waals surface area contributed by atoms with Crippen molar-refractivity contribution in [3.8, 4) is 16.9 Å². The molecule has 4 nitrogen and oxygen atoms in total. The molecule has 2 aromatic carbocycles. The molecular weight excluding hydrogens is 332 g/mol. The number of rotatable bonds is 3. The second kappa shape index (κ2) is 5.54. The summed E-state index contributed by atoms with van der Waals surface area (Å²) in [6, 6.07) is 16.9. The molecule has 0 unspecified atom stereocenters. The summed E-state index contributed by atoms with van der Waals surface area (Å²) >= 11 is 3.39. The summed E-state index contributed by atoms with van der Waals surface area (Å²) in [5.41, 5.74) is 2.21. The molecular formula is C16H11BrN2O2. The number of nitrogens with zero attached hydrogens (tertiary/aromatic N) is 2. The normalized spacial score (nSPS) is 10.5. The smallest absolute Gasteiger partial charge is 0.339 e. The fourth-order valence-corrected chi connectivity index (χ4v) is 2.49. The van der Waals surface area contributed by atoms with E-state index in [2.05, 4.69) is 21.0 Å². The molecule has 0 aliphatic rings. The van der Waals surface area contributed by atoms with Crippen LogP contribution in [0.1, 0.15) is 10.4 Å². The SMILES string of the molecule is O=C(O)c1cn(-c2ccccc2)nc1-c1cccc(Br)c1. The van der Waals surface area contributed by atoms with Crippen LogP contribution in [0.5, 0.6) is 0 Å². The zero-order chi connectivity index (χ0) is 14.8. The lowest BCUT2D eigenvalue weighted by Gasteiger charge is -2.01. The molecule has 3 rings (SSSR count). The largest absolute Gasteiger partial charge is 0.478 e. The van der Waals surface area contributed by atoms with Crippen LogP contribution in [-0.4, -0.2) is 20.9 Å². The molecule has 1 heterocycles. The van der Waals surface area contributed by atoms with E-state index in [4.69, 9.17) is 0 Å². The Morgan fingerprint density at radius 2 is 1.86 bits per heavy atom. The number of para-hydroxylation sites is 1. The van der Waals surface area contributed by atoms with Crippen molar-refractivity contribution in [1.82, 2.24) is 9.78 Å². The number of aromatic nitrogens is 2. The summed E-state index contributed by atoms with van der Waals surface area (Å²) in [6.07, 6.45) is 1.54. The van der Waals surface area contributed by atoms with Crippen molar-refractivity contribution in [2.75, 3.05) is 0 Å². The summed E-state index contributed by atoms with van der Waals surface area (Å²) < 4.78 is 2.46. The summed E-state index contributed by atoms with van der Waals surface area (Å²) in [4.78, 5) is 11.5. The molecule has 0 fully saturated rings. The Kier molecular flexibility index (Phi) is 3.58. The van der Waals surface area contributed by atoms with Crippen LogP contribution >= 0.6 is 15.9 Å². The van der Waals surface area contributed by atoms with Gasteiger partial charge in [-0.1, -0.05) is 46.3 Å². The number of benzene rings is 2.